The summed E-state index contributed by atoms with van der Waals surface area (Å²) >= 11 is 0. The average molecular weight is 213 g/mol. The maximum absolute atomic E-state index is 11.7. The Hall–Kier alpha value is -0.770. The molecule has 0 aromatic rings. The fourth-order valence-electron chi connectivity index (χ4n) is 2.00. The molecule has 4 nitrogen and oxygen atoms in total. The standard InChI is InChI=1S/C11H23N3O/c1-9(2)13-11(15)14-7-4-10(3-6-12)5-8-14/h9-10H,3-8,12H2,1-2H3,(H,13,15). The van der Waals surface area contributed by atoms with Crippen molar-refractivity contribution in [2.75, 3.05) is 19.6 Å². The summed E-state index contributed by atoms with van der Waals surface area (Å²) in [6.45, 7) is 6.49. The van der Waals surface area contributed by atoms with Gasteiger partial charge in [0.15, 0.2) is 0 Å². The van der Waals surface area contributed by atoms with E-state index in [1.165, 1.54) is 0 Å². The fraction of sp³-hybridized carbons (Fsp3) is 0.909. The van der Waals surface area contributed by atoms with Gasteiger partial charge < -0.3 is 16.0 Å². The molecule has 88 valence electrons. The van der Waals surface area contributed by atoms with E-state index in [0.717, 1.165) is 44.8 Å². The molecule has 1 heterocycles. The second kappa shape index (κ2) is 5.95. The normalized spacial score (nSPS) is 18.3. The van der Waals surface area contributed by atoms with Crippen molar-refractivity contribution in [2.24, 2.45) is 11.7 Å². The highest BCUT2D eigenvalue weighted by molar-refractivity contribution is 5.74. The van der Waals surface area contributed by atoms with Crippen LogP contribution in [0.5, 0.6) is 0 Å². The van der Waals surface area contributed by atoms with Crippen molar-refractivity contribution in [1.29, 1.82) is 0 Å². The molecule has 0 unspecified atom stereocenters. The van der Waals surface area contributed by atoms with Crippen LogP contribution in [0.15, 0.2) is 0 Å². The summed E-state index contributed by atoms with van der Waals surface area (Å²) in [7, 11) is 0. The van der Waals surface area contributed by atoms with Crippen LogP contribution < -0.4 is 11.1 Å². The van der Waals surface area contributed by atoms with Crippen molar-refractivity contribution in [3.05, 3.63) is 0 Å². The summed E-state index contributed by atoms with van der Waals surface area (Å²) in [4.78, 5) is 13.6. The number of nitrogens with zero attached hydrogens (tertiary/aromatic N) is 1. The molecular formula is C11H23N3O. The lowest BCUT2D eigenvalue weighted by Crippen LogP contribution is -2.46. The van der Waals surface area contributed by atoms with Gasteiger partial charge in [-0.3, -0.25) is 0 Å². The molecule has 1 saturated heterocycles. The van der Waals surface area contributed by atoms with Gasteiger partial charge in [0.1, 0.15) is 0 Å². The summed E-state index contributed by atoms with van der Waals surface area (Å²) < 4.78 is 0. The molecule has 0 spiro atoms. The first kappa shape index (κ1) is 12.3. The van der Waals surface area contributed by atoms with Gasteiger partial charge in [-0.05, 0) is 45.6 Å². The van der Waals surface area contributed by atoms with E-state index >= 15 is 0 Å². The molecule has 0 aromatic heterocycles. The number of carbonyl (C=O) groups is 1. The lowest BCUT2D eigenvalue weighted by atomic mass is 9.94. The van der Waals surface area contributed by atoms with Crippen LogP contribution in [0.2, 0.25) is 0 Å². The maximum Gasteiger partial charge on any atom is 0.317 e. The number of urea groups is 1. The van der Waals surface area contributed by atoms with Crippen molar-refractivity contribution < 1.29 is 4.79 Å². The number of rotatable bonds is 3. The largest absolute Gasteiger partial charge is 0.336 e. The second-order valence-electron chi connectivity index (χ2n) is 4.61. The molecule has 2 amide bonds. The molecule has 4 heteroatoms. The predicted molar refractivity (Wildman–Crippen MR) is 61.6 cm³/mol. The van der Waals surface area contributed by atoms with Crippen LogP contribution >= 0.6 is 0 Å². The number of hydrogen-bond acceptors (Lipinski definition) is 2. The molecule has 0 saturated carbocycles. The molecule has 3 N–H and O–H groups in total. The minimum absolute atomic E-state index is 0.0798. The minimum Gasteiger partial charge on any atom is -0.336 e. The first-order valence-electron chi connectivity index (χ1n) is 5.89. The summed E-state index contributed by atoms with van der Waals surface area (Å²) in [6, 6.07) is 0.301. The van der Waals surface area contributed by atoms with Crippen molar-refractivity contribution in [2.45, 2.75) is 39.2 Å². The van der Waals surface area contributed by atoms with Crippen molar-refractivity contribution in [3.8, 4) is 0 Å². The monoisotopic (exact) mass is 213 g/mol. The highest BCUT2D eigenvalue weighted by Crippen LogP contribution is 2.19. The zero-order chi connectivity index (χ0) is 11.3. The Bertz CT molecular complexity index is 198. The SMILES string of the molecule is CC(C)NC(=O)N1CCC(CCN)CC1. The molecule has 0 aliphatic carbocycles. The number of likely N-dealkylation sites (tertiary alicyclic amines) is 1. The lowest BCUT2D eigenvalue weighted by molar-refractivity contribution is 0.166. The molecule has 1 rings (SSSR count). The number of piperidine rings is 1. The average Bonchev–Trinajstić information content (AvgIpc) is 2.18. The van der Waals surface area contributed by atoms with Gasteiger partial charge in [0.05, 0.1) is 0 Å². The first-order chi connectivity index (χ1) is 7.13. The zero-order valence-corrected chi connectivity index (χ0v) is 9.83. The number of nitrogens with one attached hydrogen (secondary N) is 1. The van der Waals surface area contributed by atoms with Crippen LogP contribution in [0, 0.1) is 5.92 Å². The summed E-state index contributed by atoms with van der Waals surface area (Å²) in [5, 5.41) is 2.92. The molecule has 1 fully saturated rings. The number of amides is 2. The van der Waals surface area contributed by atoms with Crippen LogP contribution in [0.3, 0.4) is 0 Å². The molecule has 15 heavy (non-hydrogen) atoms. The van der Waals surface area contributed by atoms with Crippen LogP contribution in [0.25, 0.3) is 0 Å². The van der Waals surface area contributed by atoms with E-state index in [1.54, 1.807) is 0 Å². The Balaban J connectivity index is 2.27. The van der Waals surface area contributed by atoms with E-state index in [1.807, 2.05) is 18.7 Å². The fourth-order valence-corrected chi connectivity index (χ4v) is 2.00. The zero-order valence-electron chi connectivity index (χ0n) is 9.83. The van der Waals surface area contributed by atoms with Crippen LogP contribution in [-0.2, 0) is 0 Å². The van der Waals surface area contributed by atoms with Crippen molar-refractivity contribution >= 4 is 6.03 Å². The van der Waals surface area contributed by atoms with Gasteiger partial charge in [-0.25, -0.2) is 4.79 Å². The smallest absolute Gasteiger partial charge is 0.317 e. The lowest BCUT2D eigenvalue weighted by Gasteiger charge is -2.32. The van der Waals surface area contributed by atoms with Gasteiger partial charge in [-0.1, -0.05) is 0 Å². The van der Waals surface area contributed by atoms with Gasteiger partial charge in [-0.2, -0.15) is 0 Å². The number of hydrogen-bond donors (Lipinski definition) is 2. The molecule has 0 radical (unpaired) electrons. The third-order valence-electron chi connectivity index (χ3n) is 2.89. The molecule has 1 aliphatic rings. The van der Waals surface area contributed by atoms with Gasteiger partial charge >= 0.3 is 6.03 Å². The Morgan fingerprint density at radius 1 is 1.47 bits per heavy atom. The molecule has 1 aliphatic heterocycles. The van der Waals surface area contributed by atoms with E-state index in [9.17, 15) is 4.79 Å². The van der Waals surface area contributed by atoms with E-state index in [0.29, 0.717) is 0 Å². The summed E-state index contributed by atoms with van der Waals surface area (Å²) in [5.74, 6) is 0.720. The third-order valence-corrected chi connectivity index (χ3v) is 2.89. The highest BCUT2D eigenvalue weighted by atomic mass is 16.2. The first-order valence-corrected chi connectivity index (χ1v) is 5.89. The Morgan fingerprint density at radius 3 is 2.53 bits per heavy atom. The van der Waals surface area contributed by atoms with E-state index in [2.05, 4.69) is 5.32 Å². The molecule has 0 aromatic carbocycles. The summed E-state index contributed by atoms with van der Waals surface area (Å²) in [5.41, 5.74) is 5.53. The van der Waals surface area contributed by atoms with E-state index in [-0.39, 0.29) is 12.1 Å². The highest BCUT2D eigenvalue weighted by Gasteiger charge is 2.22. The van der Waals surface area contributed by atoms with Crippen LogP contribution in [0.4, 0.5) is 4.79 Å². The van der Waals surface area contributed by atoms with Gasteiger partial charge in [0.25, 0.3) is 0 Å². The second-order valence-corrected chi connectivity index (χ2v) is 4.61. The Morgan fingerprint density at radius 2 is 2.07 bits per heavy atom. The maximum atomic E-state index is 11.7. The quantitative estimate of drug-likeness (QED) is 0.739. The van der Waals surface area contributed by atoms with Crippen LogP contribution in [-0.4, -0.2) is 36.6 Å². The van der Waals surface area contributed by atoms with E-state index in [4.69, 9.17) is 5.73 Å². The summed E-state index contributed by atoms with van der Waals surface area (Å²) in [6.07, 6.45) is 3.30. The van der Waals surface area contributed by atoms with Crippen molar-refractivity contribution in [3.63, 3.8) is 0 Å². The minimum atomic E-state index is 0.0798. The molecule has 0 atom stereocenters. The number of nitrogens with two attached hydrogens (primary N) is 1. The molecular weight excluding hydrogens is 190 g/mol. The Labute approximate surface area is 92.2 Å². The topological polar surface area (TPSA) is 58.4 Å². The predicted octanol–water partition coefficient (Wildman–Crippen LogP) is 1.17. The third kappa shape index (κ3) is 4.08. The number of carbonyl (C=O) groups excluding carboxylic acids is 1. The van der Waals surface area contributed by atoms with Gasteiger partial charge in [-0.15, -0.1) is 0 Å². The molecule has 0 bridgehead atoms. The van der Waals surface area contributed by atoms with E-state index < -0.39 is 0 Å². The van der Waals surface area contributed by atoms with Gasteiger partial charge in [0.2, 0.25) is 0 Å². The van der Waals surface area contributed by atoms with Crippen LogP contribution in [0.1, 0.15) is 33.1 Å². The van der Waals surface area contributed by atoms with Gasteiger partial charge in [0, 0.05) is 19.1 Å². The Kier molecular flexibility index (Phi) is 4.88. The van der Waals surface area contributed by atoms with Crippen molar-refractivity contribution in [1.82, 2.24) is 10.2 Å².